The first-order chi connectivity index (χ1) is 30.8. The highest BCUT2D eigenvalue weighted by Crippen LogP contribution is 2.57. The molecule has 0 bridgehead atoms. The van der Waals surface area contributed by atoms with E-state index in [0.29, 0.717) is 19.3 Å². The van der Waals surface area contributed by atoms with Crippen molar-refractivity contribution >= 4 is 104 Å². The minimum Gasteiger partial charge on any atom is -0.264 e. The molecule has 0 aliphatic rings. The lowest BCUT2D eigenvalue weighted by molar-refractivity contribution is -0.494. The number of rotatable bonds is 38. The molecule has 0 aliphatic carbocycles. The van der Waals surface area contributed by atoms with Crippen LogP contribution in [-0.2, 0) is 146 Å². The molecule has 0 fully saturated rings. The Hall–Kier alpha value is -1.30. The molecule has 0 saturated carbocycles. The fourth-order valence-corrected chi connectivity index (χ4v) is 11.1. The predicted octanol–water partition coefficient (Wildman–Crippen LogP) is -2.23. The van der Waals surface area contributed by atoms with E-state index in [-0.39, 0.29) is 12.8 Å². The molecule has 10 N–H and O–H groups in total. The van der Waals surface area contributed by atoms with Gasteiger partial charge >= 0.3 is 122 Å². The summed E-state index contributed by atoms with van der Waals surface area (Å²) < 4.78 is 382. The van der Waals surface area contributed by atoms with Gasteiger partial charge < -0.3 is 0 Å². The lowest BCUT2D eigenvalue weighted by Crippen LogP contribution is -2.85. The zero-order valence-corrected chi connectivity index (χ0v) is 42.4. The van der Waals surface area contributed by atoms with Gasteiger partial charge in [0.05, 0.1) is 0 Å². The minimum absolute atomic E-state index is 0.0818. The van der Waals surface area contributed by atoms with Crippen molar-refractivity contribution < 1.29 is 172 Å². The summed E-state index contributed by atoms with van der Waals surface area (Å²) >= 11 is 0. The van der Waals surface area contributed by atoms with Gasteiger partial charge in [0.15, 0.2) is 0 Å². The third-order valence-electron chi connectivity index (χ3n) is 7.52. The van der Waals surface area contributed by atoms with Gasteiger partial charge in [-0.15, -0.1) is 0 Å². The summed E-state index contributed by atoms with van der Waals surface area (Å²) in [5.41, 5.74) is 0. The van der Waals surface area contributed by atoms with Crippen LogP contribution in [0.4, 0.5) is 0 Å². The van der Waals surface area contributed by atoms with Gasteiger partial charge in [-0.2, -0.15) is 113 Å². The lowest BCUT2D eigenvalue weighted by atomic mass is 9.88. The van der Waals surface area contributed by atoms with Gasteiger partial charge in [0.1, 0.15) is 6.10 Å². The summed E-state index contributed by atoms with van der Waals surface area (Å²) in [4.78, 5) is 0. The van der Waals surface area contributed by atoms with Crippen LogP contribution in [0.5, 0.6) is 0 Å². The SMILES string of the molecule is CCCCCCCCCCCCCCCC(OS(=O)(=O)O)C(OS(=O)(=O)O)(OS(=O)(=O)O)C(OS(=O)(=O)O)(OS(=O)(=O)O)C(OS(=O)(=O)O)(OS(=O)(=O)O)C(OS(=O)(=O)O)(OS(=O)(=O)O)OS(=O)(=O)O. The Kier molecular flexibility index (Phi) is 24.6. The van der Waals surface area contributed by atoms with Gasteiger partial charge in [-0.1, -0.05) is 90.4 Å². The van der Waals surface area contributed by atoms with E-state index in [0.717, 1.165) is 38.5 Å². The zero-order chi connectivity index (χ0) is 55.5. The third kappa shape index (κ3) is 25.8. The molecule has 0 amide bonds. The highest BCUT2D eigenvalue weighted by Gasteiger charge is 2.91. The maximum absolute atomic E-state index is 12.7. The Balaban J connectivity index is 10.00. The second kappa shape index (κ2) is 25.0. The van der Waals surface area contributed by atoms with E-state index in [1.807, 2.05) is 6.92 Å². The second-order valence-corrected chi connectivity index (χ2v) is 23.3. The first-order valence-electron chi connectivity index (χ1n) is 17.6. The molecule has 70 heavy (non-hydrogen) atoms. The van der Waals surface area contributed by atoms with Crippen LogP contribution in [0.3, 0.4) is 0 Å². The van der Waals surface area contributed by atoms with E-state index >= 15 is 0 Å². The van der Waals surface area contributed by atoms with E-state index in [2.05, 4.69) is 41.8 Å². The van der Waals surface area contributed by atoms with Crippen molar-refractivity contribution in [3.05, 3.63) is 0 Å². The van der Waals surface area contributed by atoms with Gasteiger partial charge in [-0.05, 0) is 6.42 Å². The van der Waals surface area contributed by atoms with Gasteiger partial charge in [0, 0.05) is 0 Å². The van der Waals surface area contributed by atoms with Crippen molar-refractivity contribution in [1.29, 1.82) is 0 Å². The maximum Gasteiger partial charge on any atom is 0.402 e. The van der Waals surface area contributed by atoms with Crippen LogP contribution < -0.4 is 0 Å². The van der Waals surface area contributed by atoms with E-state index in [1.54, 1.807) is 0 Å². The van der Waals surface area contributed by atoms with E-state index in [1.165, 1.54) is 0 Å². The molecule has 1 unspecified atom stereocenters. The van der Waals surface area contributed by atoms with Crippen LogP contribution in [0.15, 0.2) is 0 Å². The Morgan fingerprint density at radius 1 is 0.300 bits per heavy atom. The van der Waals surface area contributed by atoms with Crippen LogP contribution in [0.25, 0.3) is 0 Å². The molecule has 422 valence electrons. The number of hydrogen-bond acceptors (Lipinski definition) is 30. The van der Waals surface area contributed by atoms with Crippen molar-refractivity contribution in [3.8, 4) is 0 Å². The topological polar surface area (TPSA) is 636 Å². The molecule has 0 spiro atoms. The Morgan fingerprint density at radius 2 is 0.529 bits per heavy atom. The maximum atomic E-state index is 12.7. The molecule has 0 aromatic rings. The zero-order valence-electron chi connectivity index (χ0n) is 34.3. The fraction of sp³-hybridized carbons (Fsp3) is 1.00. The Bertz CT molecular complexity index is 2720. The molecule has 0 aliphatic heterocycles. The first-order valence-corrected chi connectivity index (χ1v) is 31.2. The average Bonchev–Trinajstić information content (AvgIpc) is 3.01. The summed E-state index contributed by atoms with van der Waals surface area (Å²) in [5, 5.41) is 0. The van der Waals surface area contributed by atoms with E-state index < -0.39 is 153 Å². The molecule has 0 saturated heterocycles. The van der Waals surface area contributed by atoms with E-state index in [4.69, 9.17) is 0 Å². The standard InChI is InChI=1S/C20H42O40S10/c1-2-3-4-5-6-7-8-9-10-11-12-13-14-15-16(51-61(21,22)23)17(52-62(24,25)26,53-63(27,28)29)18(54-64(30,31)32,55-65(33,34)35)19(56-66(36,37)38,57-67(39,40)41)20(58-68(42,43)44,59-69(45,46)47)60-70(48,49)50/h16H,2-15H2,1H3,(H,21,22,23)(H,24,25,26)(H,27,28,29)(H,30,31,32)(H,33,34,35)(H,36,37,38)(H,39,40,41)(H,42,43,44)(H,45,46,47)(H,48,49,50). The Morgan fingerprint density at radius 3 is 0.757 bits per heavy atom. The van der Waals surface area contributed by atoms with Gasteiger partial charge in [-0.3, -0.25) is 45.5 Å². The third-order valence-corrected chi connectivity index (χ3v) is 12.0. The van der Waals surface area contributed by atoms with Crippen LogP contribution in [0, 0.1) is 0 Å². The largest absolute Gasteiger partial charge is 0.402 e. The van der Waals surface area contributed by atoms with Crippen molar-refractivity contribution in [2.75, 3.05) is 0 Å². The molecule has 0 aromatic heterocycles. The molecule has 0 radical (unpaired) electrons. The summed E-state index contributed by atoms with van der Waals surface area (Å²) in [6, 6.07) is 0. The number of unbranched alkanes of at least 4 members (excludes halogenated alkanes) is 12. The highest BCUT2D eigenvalue weighted by atomic mass is 32.3. The molecule has 0 heterocycles. The first kappa shape index (κ1) is 68.7. The average molecular weight is 1240 g/mol. The van der Waals surface area contributed by atoms with Crippen LogP contribution >= 0.6 is 0 Å². The number of hydrogen-bond donors (Lipinski definition) is 10. The van der Waals surface area contributed by atoms with Gasteiger partial charge in [-0.25, -0.2) is 12.5 Å². The molecular weight excluding hydrogens is 1200 g/mol. The van der Waals surface area contributed by atoms with Crippen LogP contribution in [-0.4, -0.2) is 159 Å². The van der Waals surface area contributed by atoms with Gasteiger partial charge in [0.2, 0.25) is 0 Å². The summed E-state index contributed by atoms with van der Waals surface area (Å²) in [6.45, 7) is 1.98. The normalized spacial score (nSPS) is 15.5. The molecule has 1 atom stereocenters. The van der Waals surface area contributed by atoms with E-state index in [9.17, 15) is 130 Å². The molecule has 0 rings (SSSR count). The minimum atomic E-state index is -8.07. The lowest BCUT2D eigenvalue weighted by Gasteiger charge is -2.54. The Labute approximate surface area is 399 Å². The predicted molar refractivity (Wildman–Crippen MR) is 211 cm³/mol. The summed E-state index contributed by atoms with van der Waals surface area (Å²) in [6.07, 6.45) is -2.34. The quantitative estimate of drug-likeness (QED) is 0.0178. The van der Waals surface area contributed by atoms with Crippen molar-refractivity contribution in [1.82, 2.24) is 0 Å². The second-order valence-electron chi connectivity index (χ2n) is 13.1. The van der Waals surface area contributed by atoms with Crippen molar-refractivity contribution in [2.24, 2.45) is 0 Å². The monoisotopic (exact) mass is 1240 g/mol. The summed E-state index contributed by atoms with van der Waals surface area (Å²) in [7, 11) is -78.2. The van der Waals surface area contributed by atoms with Crippen molar-refractivity contribution in [2.45, 2.75) is 126 Å². The smallest absolute Gasteiger partial charge is 0.264 e. The van der Waals surface area contributed by atoms with Crippen molar-refractivity contribution in [3.63, 3.8) is 0 Å². The van der Waals surface area contributed by atoms with Gasteiger partial charge in [0.25, 0.3) is 5.79 Å². The van der Waals surface area contributed by atoms with Crippen LogP contribution in [0.1, 0.15) is 96.8 Å². The molecule has 0 aromatic carbocycles. The van der Waals surface area contributed by atoms with Crippen LogP contribution in [0.2, 0.25) is 0 Å². The molecule has 50 heteroatoms. The summed E-state index contributed by atoms with van der Waals surface area (Å²) in [5.74, 6) is -30.0. The molecule has 40 nitrogen and oxygen atoms in total. The highest BCUT2D eigenvalue weighted by molar-refractivity contribution is 7.84. The molecular formula is C20H42O40S10. The fourth-order valence-electron chi connectivity index (χ4n) is 5.66.